The van der Waals surface area contributed by atoms with E-state index in [9.17, 15) is 19.2 Å². The third kappa shape index (κ3) is 1.72. The summed E-state index contributed by atoms with van der Waals surface area (Å²) in [5, 5.41) is -1.94. The van der Waals surface area contributed by atoms with Crippen molar-refractivity contribution in [3.8, 4) is 0 Å². The van der Waals surface area contributed by atoms with E-state index in [4.69, 9.17) is 23.2 Å². The fourth-order valence-corrected chi connectivity index (χ4v) is 2.75. The van der Waals surface area contributed by atoms with Crippen molar-refractivity contribution in [1.29, 1.82) is 0 Å². The summed E-state index contributed by atoms with van der Waals surface area (Å²) in [4.78, 5) is 52.6. The Balaban J connectivity index is 2.62. The number of hydrogen-bond acceptors (Lipinski definition) is 6. The molecular weight excluding hydrogens is 323 g/mol. The quantitative estimate of drug-likeness (QED) is 0.638. The van der Waals surface area contributed by atoms with Gasteiger partial charge in [-0.2, -0.15) is 0 Å². The lowest BCUT2D eigenvalue weighted by molar-refractivity contribution is -0.107. The van der Waals surface area contributed by atoms with E-state index < -0.39 is 21.6 Å². The molecule has 0 aromatic carbocycles. The van der Waals surface area contributed by atoms with Gasteiger partial charge in [0.1, 0.15) is 22.9 Å². The van der Waals surface area contributed by atoms with Crippen LogP contribution in [0.1, 0.15) is 10.5 Å². The SMILES string of the molecule is CN1Cn2c(c(=O)n3cnc(C(=O)Cl)c3c2=O)=C1C(=O)Cl. The molecule has 10 heteroatoms. The number of imidazole rings is 1. The van der Waals surface area contributed by atoms with Gasteiger partial charge in [-0.3, -0.25) is 28.1 Å². The Morgan fingerprint density at radius 1 is 1.19 bits per heavy atom. The van der Waals surface area contributed by atoms with E-state index in [0.717, 1.165) is 15.3 Å². The van der Waals surface area contributed by atoms with Crippen molar-refractivity contribution in [3.05, 3.63) is 38.1 Å². The van der Waals surface area contributed by atoms with Gasteiger partial charge in [-0.1, -0.05) is 0 Å². The normalized spacial score (nSPS) is 13.9. The summed E-state index contributed by atoms with van der Waals surface area (Å²) < 4.78 is 1.96. The Bertz CT molecular complexity index is 990. The van der Waals surface area contributed by atoms with E-state index in [2.05, 4.69) is 4.98 Å². The average Bonchev–Trinajstić information content (AvgIpc) is 2.97. The van der Waals surface area contributed by atoms with Gasteiger partial charge in [0, 0.05) is 7.05 Å². The third-order valence-corrected chi connectivity index (χ3v) is 3.60. The van der Waals surface area contributed by atoms with E-state index in [0.29, 0.717) is 0 Å². The highest BCUT2D eigenvalue weighted by molar-refractivity contribution is 6.72. The van der Waals surface area contributed by atoms with Gasteiger partial charge in [0.25, 0.3) is 21.6 Å². The molecule has 1 aliphatic rings. The van der Waals surface area contributed by atoms with Gasteiger partial charge in [0.15, 0.2) is 5.69 Å². The Labute approximate surface area is 125 Å². The van der Waals surface area contributed by atoms with Crippen LogP contribution in [0.3, 0.4) is 0 Å². The third-order valence-electron chi connectivity index (χ3n) is 3.24. The molecule has 3 heterocycles. The summed E-state index contributed by atoms with van der Waals surface area (Å²) in [6, 6.07) is 0. The second-order valence-corrected chi connectivity index (χ2v) is 5.12. The lowest BCUT2D eigenvalue weighted by Crippen LogP contribution is -2.45. The van der Waals surface area contributed by atoms with E-state index in [-0.39, 0.29) is 28.9 Å². The summed E-state index contributed by atoms with van der Waals surface area (Å²) in [5.74, 6) is 0. The molecule has 0 amide bonds. The summed E-state index contributed by atoms with van der Waals surface area (Å²) >= 11 is 10.8. The first-order chi connectivity index (χ1) is 9.84. The number of fused-ring (bicyclic) bond motifs is 2. The average molecular weight is 329 g/mol. The first kappa shape index (κ1) is 13.8. The molecule has 3 rings (SSSR count). The first-order valence-corrected chi connectivity index (χ1v) is 6.39. The summed E-state index contributed by atoms with van der Waals surface area (Å²) in [5.41, 5.74) is -1.92. The summed E-state index contributed by atoms with van der Waals surface area (Å²) in [7, 11) is 1.52. The predicted octanol–water partition coefficient (Wildman–Crippen LogP) is -1.27. The molecule has 0 spiro atoms. The number of likely N-dealkylation sites (N-methyl/N-ethyl adjacent to an activating group) is 1. The predicted molar refractivity (Wildman–Crippen MR) is 73.2 cm³/mol. The topological polar surface area (TPSA) is 93.8 Å². The second kappa shape index (κ2) is 4.40. The molecule has 0 N–H and O–H groups in total. The van der Waals surface area contributed by atoms with Crippen LogP contribution >= 0.6 is 23.2 Å². The minimum absolute atomic E-state index is 0.0329. The molecule has 108 valence electrons. The van der Waals surface area contributed by atoms with Gasteiger partial charge >= 0.3 is 0 Å². The molecule has 0 unspecified atom stereocenters. The van der Waals surface area contributed by atoms with Crippen molar-refractivity contribution >= 4 is 44.9 Å². The molecule has 2 aromatic heterocycles. The lowest BCUT2D eigenvalue weighted by Gasteiger charge is -2.11. The number of halogens is 2. The molecular formula is C11H6Cl2N4O4. The summed E-state index contributed by atoms with van der Waals surface area (Å²) in [6.07, 6.45) is 1.02. The molecule has 1 aliphatic heterocycles. The number of hydrogen-bond donors (Lipinski definition) is 0. The Kier molecular flexibility index (Phi) is 2.89. The van der Waals surface area contributed by atoms with Gasteiger partial charge in [-0.25, -0.2) is 4.98 Å². The van der Waals surface area contributed by atoms with Gasteiger partial charge in [-0.15, -0.1) is 0 Å². The number of carbonyl (C=O) groups excluding carboxylic acids is 2. The molecule has 0 fully saturated rings. The first-order valence-electron chi connectivity index (χ1n) is 5.63. The number of nitrogens with zero attached hydrogens (tertiary/aromatic N) is 4. The zero-order chi connectivity index (χ0) is 15.5. The van der Waals surface area contributed by atoms with Crippen LogP contribution in [0, 0.1) is 0 Å². The standard InChI is InChI=1S/C11H6Cl2N4O4/c1-15-3-17-7(6(15)9(13)19)11(21)16-2-14-4(8(12)18)5(16)10(17)20/h2H,3H2,1H3. The highest BCUT2D eigenvalue weighted by atomic mass is 35.5. The number of aromatic nitrogens is 3. The lowest BCUT2D eigenvalue weighted by atomic mass is 10.3. The van der Waals surface area contributed by atoms with E-state index in [1.54, 1.807) is 0 Å². The fourth-order valence-electron chi connectivity index (χ4n) is 2.38. The van der Waals surface area contributed by atoms with Crippen molar-refractivity contribution in [3.63, 3.8) is 0 Å². The fraction of sp³-hybridized carbons (Fsp3) is 0.182. The Hall–Kier alpha value is -2.19. The van der Waals surface area contributed by atoms with Gasteiger partial charge in [0.05, 0.1) is 6.67 Å². The summed E-state index contributed by atoms with van der Waals surface area (Å²) in [6.45, 7) is -0.0329. The maximum absolute atomic E-state index is 12.4. The van der Waals surface area contributed by atoms with Crippen molar-refractivity contribution in [2.75, 3.05) is 7.05 Å². The largest absolute Gasteiger partial charge is 0.351 e. The molecule has 0 atom stereocenters. The molecule has 21 heavy (non-hydrogen) atoms. The van der Waals surface area contributed by atoms with Crippen LogP contribution in [0.5, 0.6) is 0 Å². The molecule has 8 nitrogen and oxygen atoms in total. The number of carbonyl (C=O) groups is 2. The van der Waals surface area contributed by atoms with Crippen LogP contribution in [0.15, 0.2) is 15.9 Å². The Morgan fingerprint density at radius 2 is 1.86 bits per heavy atom. The molecule has 0 radical (unpaired) electrons. The second-order valence-electron chi connectivity index (χ2n) is 4.43. The van der Waals surface area contributed by atoms with E-state index in [1.807, 2.05) is 0 Å². The molecule has 0 saturated carbocycles. The van der Waals surface area contributed by atoms with Crippen LogP contribution in [0.25, 0.3) is 11.2 Å². The van der Waals surface area contributed by atoms with Crippen molar-refractivity contribution in [2.24, 2.45) is 0 Å². The maximum atomic E-state index is 12.4. The number of rotatable bonds is 2. The molecule has 0 aliphatic carbocycles. The van der Waals surface area contributed by atoms with Crippen molar-refractivity contribution < 1.29 is 9.59 Å². The monoisotopic (exact) mass is 328 g/mol. The van der Waals surface area contributed by atoms with Crippen LogP contribution in [0.4, 0.5) is 0 Å². The van der Waals surface area contributed by atoms with Crippen LogP contribution in [-0.2, 0) is 11.5 Å². The molecule has 0 bridgehead atoms. The van der Waals surface area contributed by atoms with E-state index in [1.165, 1.54) is 11.9 Å². The van der Waals surface area contributed by atoms with E-state index >= 15 is 0 Å². The Morgan fingerprint density at radius 3 is 2.43 bits per heavy atom. The van der Waals surface area contributed by atoms with Gasteiger partial charge in [0.2, 0.25) is 0 Å². The van der Waals surface area contributed by atoms with Crippen molar-refractivity contribution in [2.45, 2.75) is 6.67 Å². The van der Waals surface area contributed by atoms with Crippen LogP contribution in [-0.4, -0.2) is 36.4 Å². The highest BCUT2D eigenvalue weighted by Gasteiger charge is 2.28. The van der Waals surface area contributed by atoms with Gasteiger partial charge in [-0.05, 0) is 23.2 Å². The highest BCUT2D eigenvalue weighted by Crippen LogP contribution is 2.11. The van der Waals surface area contributed by atoms with Crippen molar-refractivity contribution in [1.82, 2.24) is 18.9 Å². The van der Waals surface area contributed by atoms with Crippen LogP contribution in [0.2, 0.25) is 0 Å². The maximum Gasteiger partial charge on any atom is 0.282 e. The van der Waals surface area contributed by atoms with Gasteiger partial charge < -0.3 is 4.90 Å². The zero-order valence-corrected chi connectivity index (χ0v) is 12.0. The molecule has 0 saturated heterocycles. The smallest absolute Gasteiger partial charge is 0.282 e. The zero-order valence-electron chi connectivity index (χ0n) is 10.5. The minimum atomic E-state index is -0.946. The minimum Gasteiger partial charge on any atom is -0.351 e. The van der Waals surface area contributed by atoms with Crippen LogP contribution < -0.4 is 16.5 Å². The molecule has 2 aromatic rings.